The number of rotatable bonds is 9. The number of thioether (sulfide) groups is 1. The molecule has 0 unspecified atom stereocenters. The Hall–Kier alpha value is -2.72. The summed E-state index contributed by atoms with van der Waals surface area (Å²) in [5, 5.41) is 3.00. The van der Waals surface area contributed by atoms with Gasteiger partial charge in [-0.05, 0) is 60.4 Å². The van der Waals surface area contributed by atoms with E-state index in [1.54, 1.807) is 18.9 Å². The second-order valence-corrected chi connectivity index (χ2v) is 7.55. The topological polar surface area (TPSA) is 38.3 Å². The van der Waals surface area contributed by atoms with Gasteiger partial charge in [-0.1, -0.05) is 42.5 Å². The lowest BCUT2D eigenvalue weighted by molar-refractivity contribution is 0.0953. The molecule has 0 atom stereocenters. The zero-order valence-corrected chi connectivity index (χ0v) is 16.9. The summed E-state index contributed by atoms with van der Waals surface area (Å²) in [5.41, 5.74) is 3.16. The van der Waals surface area contributed by atoms with E-state index in [-0.39, 0.29) is 5.91 Å². The van der Waals surface area contributed by atoms with Gasteiger partial charge in [0.1, 0.15) is 5.75 Å². The minimum atomic E-state index is -0.0167. The van der Waals surface area contributed by atoms with Crippen molar-refractivity contribution in [3.8, 4) is 5.75 Å². The summed E-state index contributed by atoms with van der Waals surface area (Å²) >= 11 is 1.80. The van der Waals surface area contributed by atoms with E-state index < -0.39 is 0 Å². The molecule has 0 fully saturated rings. The van der Waals surface area contributed by atoms with Gasteiger partial charge in [-0.25, -0.2) is 0 Å². The number of hydrogen-bond donors (Lipinski definition) is 1. The second kappa shape index (κ2) is 10.6. The number of nitrogens with one attached hydrogen (secondary N) is 1. The van der Waals surface area contributed by atoms with Gasteiger partial charge in [0.2, 0.25) is 0 Å². The van der Waals surface area contributed by atoms with Crippen LogP contribution in [0.25, 0.3) is 0 Å². The largest absolute Gasteiger partial charge is 0.497 e. The van der Waals surface area contributed by atoms with Gasteiger partial charge in [0.15, 0.2) is 0 Å². The molecule has 0 saturated carbocycles. The van der Waals surface area contributed by atoms with Crippen molar-refractivity contribution >= 4 is 17.7 Å². The van der Waals surface area contributed by atoms with Gasteiger partial charge < -0.3 is 10.1 Å². The third-order valence-corrected chi connectivity index (χ3v) is 5.53. The third-order valence-electron chi connectivity index (χ3n) is 4.45. The van der Waals surface area contributed by atoms with E-state index in [1.807, 2.05) is 54.6 Å². The first kappa shape index (κ1) is 20.0. The van der Waals surface area contributed by atoms with E-state index in [0.29, 0.717) is 12.1 Å². The lowest BCUT2D eigenvalue weighted by atomic mass is 10.1. The van der Waals surface area contributed by atoms with E-state index in [0.717, 1.165) is 24.3 Å². The highest BCUT2D eigenvalue weighted by Gasteiger charge is 2.05. The Bertz CT molecular complexity index is 861. The molecule has 0 radical (unpaired) electrons. The number of benzene rings is 3. The monoisotopic (exact) mass is 391 g/mol. The number of carbonyl (C=O) groups is 1. The number of carbonyl (C=O) groups excluding carboxylic acids is 1. The van der Waals surface area contributed by atoms with Crippen molar-refractivity contribution in [2.45, 2.75) is 23.5 Å². The highest BCUT2D eigenvalue weighted by Crippen LogP contribution is 2.22. The number of hydrogen-bond acceptors (Lipinski definition) is 3. The van der Waals surface area contributed by atoms with E-state index in [4.69, 9.17) is 4.74 Å². The van der Waals surface area contributed by atoms with Gasteiger partial charge in [-0.15, -0.1) is 11.8 Å². The van der Waals surface area contributed by atoms with Crippen LogP contribution < -0.4 is 10.1 Å². The summed E-state index contributed by atoms with van der Waals surface area (Å²) in [6.07, 6.45) is 1.84. The van der Waals surface area contributed by atoms with Crippen molar-refractivity contribution in [3.05, 3.63) is 95.6 Å². The number of ether oxygens (including phenoxy) is 1. The minimum absolute atomic E-state index is 0.0167. The van der Waals surface area contributed by atoms with E-state index >= 15 is 0 Å². The predicted molar refractivity (Wildman–Crippen MR) is 116 cm³/mol. The third kappa shape index (κ3) is 6.17. The van der Waals surface area contributed by atoms with Crippen LogP contribution in [0.3, 0.4) is 0 Å². The zero-order chi connectivity index (χ0) is 19.6. The summed E-state index contributed by atoms with van der Waals surface area (Å²) in [6, 6.07) is 26.3. The van der Waals surface area contributed by atoms with Crippen molar-refractivity contribution in [1.29, 1.82) is 0 Å². The molecule has 28 heavy (non-hydrogen) atoms. The Balaban J connectivity index is 1.40. The van der Waals surface area contributed by atoms with Crippen molar-refractivity contribution in [2.24, 2.45) is 0 Å². The number of methoxy groups -OCH3 is 1. The number of aryl methyl sites for hydroxylation is 1. The normalized spacial score (nSPS) is 10.5. The Morgan fingerprint density at radius 1 is 0.893 bits per heavy atom. The molecule has 1 N–H and O–H groups in total. The first-order chi connectivity index (χ1) is 13.7. The first-order valence-electron chi connectivity index (χ1n) is 9.42. The maximum atomic E-state index is 12.3. The van der Waals surface area contributed by atoms with Crippen LogP contribution in [0.5, 0.6) is 5.75 Å². The van der Waals surface area contributed by atoms with E-state index in [9.17, 15) is 4.79 Å². The maximum Gasteiger partial charge on any atom is 0.251 e. The van der Waals surface area contributed by atoms with Crippen LogP contribution in [0.4, 0.5) is 0 Å². The molecule has 0 bridgehead atoms. The van der Waals surface area contributed by atoms with Crippen LogP contribution >= 0.6 is 11.8 Å². The highest BCUT2D eigenvalue weighted by atomic mass is 32.2. The van der Waals surface area contributed by atoms with Crippen LogP contribution in [-0.2, 0) is 12.2 Å². The molecule has 3 aromatic rings. The van der Waals surface area contributed by atoms with Crippen LogP contribution in [-0.4, -0.2) is 19.6 Å². The molecular weight excluding hydrogens is 366 g/mol. The quantitative estimate of drug-likeness (QED) is 0.395. The Morgan fingerprint density at radius 2 is 1.57 bits per heavy atom. The molecule has 0 aromatic heterocycles. The Morgan fingerprint density at radius 3 is 2.25 bits per heavy atom. The molecule has 1 amide bonds. The zero-order valence-electron chi connectivity index (χ0n) is 16.1. The molecule has 3 rings (SSSR count). The molecule has 0 spiro atoms. The van der Waals surface area contributed by atoms with Crippen molar-refractivity contribution in [1.82, 2.24) is 5.32 Å². The van der Waals surface area contributed by atoms with Crippen molar-refractivity contribution < 1.29 is 9.53 Å². The van der Waals surface area contributed by atoms with E-state index in [2.05, 4.69) is 29.6 Å². The van der Waals surface area contributed by atoms with Gasteiger partial charge in [-0.2, -0.15) is 0 Å². The van der Waals surface area contributed by atoms with Crippen LogP contribution in [0.15, 0.2) is 83.8 Å². The second-order valence-electron chi connectivity index (χ2n) is 6.51. The number of amides is 1. The average molecular weight is 392 g/mol. The smallest absolute Gasteiger partial charge is 0.251 e. The van der Waals surface area contributed by atoms with Crippen LogP contribution in [0.2, 0.25) is 0 Å². The highest BCUT2D eigenvalue weighted by molar-refractivity contribution is 7.98. The summed E-state index contributed by atoms with van der Waals surface area (Å²) in [4.78, 5) is 13.5. The lowest BCUT2D eigenvalue weighted by Gasteiger charge is -2.07. The summed E-state index contributed by atoms with van der Waals surface area (Å²) in [7, 11) is 1.67. The Labute approximate surface area is 171 Å². The van der Waals surface area contributed by atoms with Gasteiger partial charge in [-0.3, -0.25) is 4.79 Å². The lowest BCUT2D eigenvalue weighted by Crippen LogP contribution is -2.24. The molecule has 0 aliphatic heterocycles. The Kier molecular flexibility index (Phi) is 7.56. The van der Waals surface area contributed by atoms with Gasteiger partial charge in [0.05, 0.1) is 7.11 Å². The molecule has 3 nitrogen and oxygen atoms in total. The fraction of sp³-hybridized carbons (Fsp3) is 0.208. The molecule has 4 heteroatoms. The van der Waals surface area contributed by atoms with E-state index in [1.165, 1.54) is 16.0 Å². The molecule has 0 aliphatic rings. The fourth-order valence-corrected chi connectivity index (χ4v) is 3.70. The van der Waals surface area contributed by atoms with Crippen molar-refractivity contribution in [2.75, 3.05) is 13.7 Å². The standard InChI is InChI=1S/C24H25NO2S/c1-27-22-15-11-19(12-16-22)6-5-17-25-24(26)21-13-9-20(10-14-21)18-28-23-7-3-2-4-8-23/h2-4,7-16H,5-6,17-18H2,1H3,(H,25,26). The van der Waals surface area contributed by atoms with Gasteiger partial charge >= 0.3 is 0 Å². The molecule has 3 aromatic carbocycles. The molecule has 144 valence electrons. The summed E-state index contributed by atoms with van der Waals surface area (Å²) < 4.78 is 5.16. The van der Waals surface area contributed by atoms with Gasteiger partial charge in [0.25, 0.3) is 5.91 Å². The molecule has 0 heterocycles. The fourth-order valence-electron chi connectivity index (χ4n) is 2.82. The molecule has 0 aliphatic carbocycles. The first-order valence-corrected chi connectivity index (χ1v) is 10.4. The van der Waals surface area contributed by atoms with Crippen molar-refractivity contribution in [3.63, 3.8) is 0 Å². The predicted octanol–water partition coefficient (Wildman–Crippen LogP) is 5.35. The summed E-state index contributed by atoms with van der Waals surface area (Å²) in [6.45, 7) is 0.663. The molecule has 0 saturated heterocycles. The van der Waals surface area contributed by atoms with Gasteiger partial charge in [0, 0.05) is 22.8 Å². The molecular formula is C24H25NO2S. The van der Waals surface area contributed by atoms with Crippen LogP contribution in [0, 0.1) is 0 Å². The SMILES string of the molecule is COc1ccc(CCCNC(=O)c2ccc(CSc3ccccc3)cc2)cc1. The maximum absolute atomic E-state index is 12.3. The average Bonchev–Trinajstić information content (AvgIpc) is 2.76. The summed E-state index contributed by atoms with van der Waals surface area (Å²) in [5.74, 6) is 1.74. The van der Waals surface area contributed by atoms with Crippen LogP contribution in [0.1, 0.15) is 27.9 Å². The minimum Gasteiger partial charge on any atom is -0.497 e.